The smallest absolute Gasteiger partial charge is 0.321 e. The summed E-state index contributed by atoms with van der Waals surface area (Å²) in [4.78, 5) is 28.5. The lowest BCUT2D eigenvalue weighted by Crippen LogP contribution is -2.41. The quantitative estimate of drug-likeness (QED) is 0.352. The normalized spacial score (nSPS) is 11.9. The Morgan fingerprint density at radius 1 is 1.09 bits per heavy atom. The first-order valence-electron chi connectivity index (χ1n) is 10.2. The van der Waals surface area contributed by atoms with E-state index in [0.29, 0.717) is 17.5 Å². The standard InChI is InChI=1S/C22H22N6O2S3/c1-14(19(29)25-20(30)23-2)32-21-27-26-18(28(21)12-15-8-4-3-5-9-15)13-31-22-24-16-10-6-7-11-17(16)33-22/h3-11,14H,12-13H2,1-2H3,(H2,23,25,29,30)/t14-/m0/s1. The van der Waals surface area contributed by atoms with Crippen LogP contribution in [0.4, 0.5) is 4.79 Å². The van der Waals surface area contributed by atoms with E-state index in [0.717, 1.165) is 25.9 Å². The second kappa shape index (κ2) is 10.8. The van der Waals surface area contributed by atoms with Gasteiger partial charge in [0.15, 0.2) is 9.50 Å². The van der Waals surface area contributed by atoms with E-state index in [1.807, 2.05) is 53.1 Å². The Labute approximate surface area is 203 Å². The van der Waals surface area contributed by atoms with Gasteiger partial charge >= 0.3 is 6.03 Å². The molecule has 2 aromatic carbocycles. The van der Waals surface area contributed by atoms with Crippen LogP contribution in [0.15, 0.2) is 64.1 Å². The molecule has 1 atom stereocenters. The van der Waals surface area contributed by atoms with Gasteiger partial charge in [-0.1, -0.05) is 66.0 Å². The fourth-order valence-corrected chi connectivity index (χ4v) is 5.84. The summed E-state index contributed by atoms with van der Waals surface area (Å²) < 4.78 is 4.14. The van der Waals surface area contributed by atoms with E-state index in [1.165, 1.54) is 18.8 Å². The molecule has 3 amide bonds. The Bertz CT molecular complexity index is 1220. The molecule has 0 radical (unpaired) electrons. The predicted molar refractivity (Wildman–Crippen MR) is 133 cm³/mol. The van der Waals surface area contributed by atoms with Gasteiger partial charge in [-0.2, -0.15) is 0 Å². The molecule has 0 aliphatic carbocycles. The van der Waals surface area contributed by atoms with Crippen LogP contribution in [0.5, 0.6) is 0 Å². The number of thioether (sulfide) groups is 2. The molecule has 0 aliphatic rings. The summed E-state index contributed by atoms with van der Waals surface area (Å²) in [6.45, 7) is 2.32. The Balaban J connectivity index is 1.53. The number of carbonyl (C=O) groups excluding carboxylic acids is 2. The first-order valence-corrected chi connectivity index (χ1v) is 12.8. The van der Waals surface area contributed by atoms with Crippen LogP contribution in [0, 0.1) is 0 Å². The number of rotatable bonds is 8. The number of amides is 3. The van der Waals surface area contributed by atoms with Crippen molar-refractivity contribution < 1.29 is 9.59 Å². The molecule has 11 heteroatoms. The highest BCUT2D eigenvalue weighted by molar-refractivity contribution is 8.00. The molecule has 0 bridgehead atoms. The first kappa shape index (κ1) is 23.3. The molecule has 33 heavy (non-hydrogen) atoms. The average Bonchev–Trinajstić information content (AvgIpc) is 3.41. The van der Waals surface area contributed by atoms with E-state index in [2.05, 4.69) is 31.9 Å². The lowest BCUT2D eigenvalue weighted by Gasteiger charge is -2.13. The highest BCUT2D eigenvalue weighted by Gasteiger charge is 2.22. The minimum absolute atomic E-state index is 0.390. The Kier molecular flexibility index (Phi) is 7.63. The van der Waals surface area contributed by atoms with Crippen LogP contribution >= 0.6 is 34.9 Å². The van der Waals surface area contributed by atoms with Gasteiger partial charge in [-0.25, -0.2) is 9.78 Å². The molecule has 0 fully saturated rings. The monoisotopic (exact) mass is 498 g/mol. The van der Waals surface area contributed by atoms with E-state index >= 15 is 0 Å². The molecule has 8 nitrogen and oxygen atoms in total. The zero-order chi connectivity index (χ0) is 23.2. The molecular formula is C22H22N6O2S3. The van der Waals surface area contributed by atoms with Gasteiger partial charge in [-0.3, -0.25) is 10.1 Å². The van der Waals surface area contributed by atoms with Crippen molar-refractivity contribution in [1.82, 2.24) is 30.4 Å². The number of hydrogen-bond donors (Lipinski definition) is 2. The first-order chi connectivity index (χ1) is 16.0. The van der Waals surface area contributed by atoms with Gasteiger partial charge in [0, 0.05) is 7.05 Å². The fraction of sp³-hybridized carbons (Fsp3) is 0.227. The number of carbonyl (C=O) groups is 2. The number of nitrogens with zero attached hydrogens (tertiary/aromatic N) is 4. The van der Waals surface area contributed by atoms with E-state index in [1.54, 1.807) is 30.0 Å². The number of para-hydroxylation sites is 1. The predicted octanol–water partition coefficient (Wildman–Crippen LogP) is 4.16. The molecule has 4 rings (SSSR count). The Hall–Kier alpha value is -2.89. The van der Waals surface area contributed by atoms with Gasteiger partial charge in [-0.15, -0.1) is 21.5 Å². The van der Waals surface area contributed by atoms with Crippen molar-refractivity contribution in [2.45, 2.75) is 34.0 Å². The highest BCUT2D eigenvalue weighted by Crippen LogP contribution is 2.32. The van der Waals surface area contributed by atoms with Crippen LogP contribution in [-0.4, -0.2) is 44.0 Å². The molecule has 4 aromatic rings. The second-order valence-corrected chi connectivity index (χ2v) is 10.6. The summed E-state index contributed by atoms with van der Waals surface area (Å²) >= 11 is 4.54. The zero-order valence-corrected chi connectivity index (χ0v) is 20.5. The highest BCUT2D eigenvalue weighted by atomic mass is 32.2. The van der Waals surface area contributed by atoms with Gasteiger partial charge < -0.3 is 9.88 Å². The number of nitrogens with one attached hydrogen (secondary N) is 2. The molecule has 2 heterocycles. The zero-order valence-electron chi connectivity index (χ0n) is 18.0. The van der Waals surface area contributed by atoms with Crippen molar-refractivity contribution in [1.29, 1.82) is 0 Å². The number of benzene rings is 2. The summed E-state index contributed by atoms with van der Waals surface area (Å²) in [7, 11) is 1.46. The van der Waals surface area contributed by atoms with Gasteiger partial charge in [0.05, 0.1) is 27.8 Å². The summed E-state index contributed by atoms with van der Waals surface area (Å²) in [5.74, 6) is 1.00. The molecular weight excluding hydrogens is 476 g/mol. The van der Waals surface area contributed by atoms with E-state index in [4.69, 9.17) is 0 Å². The fourth-order valence-electron chi connectivity index (χ4n) is 2.96. The molecule has 2 aromatic heterocycles. The number of aromatic nitrogens is 4. The SMILES string of the molecule is CNC(=O)NC(=O)[C@H](C)Sc1nnc(CSc2nc3ccccc3s2)n1Cc1ccccc1. The van der Waals surface area contributed by atoms with Crippen LogP contribution in [0.1, 0.15) is 18.3 Å². The largest absolute Gasteiger partial charge is 0.341 e. The maximum Gasteiger partial charge on any atom is 0.321 e. The molecule has 0 saturated carbocycles. The van der Waals surface area contributed by atoms with Gasteiger partial charge in [0.25, 0.3) is 0 Å². The molecule has 2 N–H and O–H groups in total. The number of hydrogen-bond acceptors (Lipinski definition) is 8. The molecule has 170 valence electrons. The molecule has 0 unspecified atom stereocenters. The van der Waals surface area contributed by atoms with Crippen molar-refractivity contribution in [3.8, 4) is 0 Å². The van der Waals surface area contributed by atoms with Crippen LogP contribution in [0.3, 0.4) is 0 Å². The van der Waals surface area contributed by atoms with Crippen LogP contribution in [0.25, 0.3) is 10.2 Å². The third kappa shape index (κ3) is 5.92. The molecule has 0 aliphatic heterocycles. The molecule has 0 spiro atoms. The van der Waals surface area contributed by atoms with Crippen LogP contribution < -0.4 is 10.6 Å². The summed E-state index contributed by atoms with van der Waals surface area (Å²) in [6, 6.07) is 17.6. The lowest BCUT2D eigenvalue weighted by atomic mass is 10.2. The van der Waals surface area contributed by atoms with Crippen molar-refractivity contribution in [3.63, 3.8) is 0 Å². The van der Waals surface area contributed by atoms with Gasteiger partial charge in [0.1, 0.15) is 5.82 Å². The maximum atomic E-state index is 12.3. The van der Waals surface area contributed by atoms with Crippen molar-refractivity contribution >= 4 is 57.0 Å². The van der Waals surface area contributed by atoms with Crippen LogP contribution in [-0.2, 0) is 17.1 Å². The number of fused-ring (bicyclic) bond motifs is 1. The van der Waals surface area contributed by atoms with E-state index in [-0.39, 0.29) is 5.91 Å². The van der Waals surface area contributed by atoms with Crippen molar-refractivity contribution in [2.75, 3.05) is 7.05 Å². The van der Waals surface area contributed by atoms with Crippen molar-refractivity contribution in [2.24, 2.45) is 0 Å². The summed E-state index contributed by atoms with van der Waals surface area (Å²) in [5, 5.41) is 13.6. The maximum absolute atomic E-state index is 12.3. The second-order valence-electron chi connectivity index (χ2n) is 7.04. The minimum atomic E-state index is -0.536. The number of thiazole rings is 1. The molecule has 0 saturated heterocycles. The van der Waals surface area contributed by atoms with E-state index < -0.39 is 11.3 Å². The summed E-state index contributed by atoms with van der Waals surface area (Å²) in [5.41, 5.74) is 2.09. The number of urea groups is 1. The Morgan fingerprint density at radius 2 is 1.85 bits per heavy atom. The Morgan fingerprint density at radius 3 is 2.61 bits per heavy atom. The van der Waals surface area contributed by atoms with E-state index in [9.17, 15) is 9.59 Å². The number of imide groups is 1. The van der Waals surface area contributed by atoms with Crippen LogP contribution in [0.2, 0.25) is 0 Å². The lowest BCUT2D eigenvalue weighted by molar-refractivity contribution is -0.119. The van der Waals surface area contributed by atoms with Crippen molar-refractivity contribution in [3.05, 3.63) is 66.0 Å². The third-order valence-electron chi connectivity index (χ3n) is 4.69. The third-order valence-corrected chi connectivity index (χ3v) is 7.95. The van der Waals surface area contributed by atoms with Gasteiger partial charge in [-0.05, 0) is 24.6 Å². The summed E-state index contributed by atoms with van der Waals surface area (Å²) in [6.07, 6.45) is 0. The minimum Gasteiger partial charge on any atom is -0.341 e. The topological polar surface area (TPSA) is 102 Å². The average molecular weight is 499 g/mol. The van der Waals surface area contributed by atoms with Gasteiger partial charge in [0.2, 0.25) is 5.91 Å².